The third-order valence-corrected chi connectivity index (χ3v) is 3.67. The average Bonchev–Trinajstić information content (AvgIpc) is 2.54. The van der Waals surface area contributed by atoms with Crippen LogP contribution in [0.5, 0.6) is 11.5 Å². The van der Waals surface area contributed by atoms with Crippen LogP contribution in [0, 0.1) is 11.3 Å². The van der Waals surface area contributed by atoms with Crippen LogP contribution in [0.4, 0.5) is 0 Å². The van der Waals surface area contributed by atoms with Crippen molar-refractivity contribution in [2.24, 2.45) is 0 Å². The van der Waals surface area contributed by atoms with Crippen molar-refractivity contribution in [3.8, 4) is 17.6 Å². The molecule has 0 amide bonds. The van der Waals surface area contributed by atoms with E-state index in [4.69, 9.17) is 14.7 Å². The number of fused-ring (bicyclic) bond motifs is 1. The second-order valence-electron chi connectivity index (χ2n) is 4.62. The van der Waals surface area contributed by atoms with Gasteiger partial charge in [-0.2, -0.15) is 5.26 Å². The molecule has 1 aromatic rings. The highest BCUT2D eigenvalue weighted by molar-refractivity contribution is 9.10. The minimum absolute atomic E-state index is 0.293. The lowest BCUT2D eigenvalue weighted by atomic mass is 9.94. The number of nitrogens with zero attached hydrogens (tertiary/aromatic N) is 1. The van der Waals surface area contributed by atoms with Gasteiger partial charge in [-0.1, -0.05) is 29.8 Å². The van der Waals surface area contributed by atoms with Gasteiger partial charge in [0.15, 0.2) is 11.5 Å². The van der Waals surface area contributed by atoms with Crippen molar-refractivity contribution in [3.05, 3.63) is 21.7 Å². The predicted octanol–water partition coefficient (Wildman–Crippen LogP) is 3.80. The summed E-state index contributed by atoms with van der Waals surface area (Å²) in [4.78, 5) is 0. The number of halogens is 1. The molecule has 0 bridgehead atoms. The predicted molar refractivity (Wildman–Crippen MR) is 73.2 cm³/mol. The molecule has 0 N–H and O–H groups in total. The maximum absolute atomic E-state index is 8.97. The third kappa shape index (κ3) is 2.46. The van der Waals surface area contributed by atoms with Crippen molar-refractivity contribution in [3.63, 3.8) is 0 Å². The molecule has 1 aliphatic heterocycles. The third-order valence-electron chi connectivity index (χ3n) is 2.97. The number of benzene rings is 1. The summed E-state index contributed by atoms with van der Waals surface area (Å²) in [7, 11) is 0. The summed E-state index contributed by atoms with van der Waals surface area (Å²) in [6.07, 6.45) is 1.27. The fourth-order valence-corrected chi connectivity index (χ4v) is 2.77. The van der Waals surface area contributed by atoms with Crippen molar-refractivity contribution in [1.82, 2.24) is 0 Å². The summed E-state index contributed by atoms with van der Waals surface area (Å²) < 4.78 is 12.5. The van der Waals surface area contributed by atoms with E-state index in [1.165, 1.54) is 0 Å². The van der Waals surface area contributed by atoms with Crippen LogP contribution >= 0.6 is 15.9 Å². The van der Waals surface area contributed by atoms with Gasteiger partial charge in [0.2, 0.25) is 0 Å². The molecule has 0 radical (unpaired) electrons. The second kappa shape index (κ2) is 5.62. The van der Waals surface area contributed by atoms with Crippen molar-refractivity contribution in [1.29, 1.82) is 5.26 Å². The SMILES string of the molecule is CC(C)c1c(CC#N)c(Br)cc2c1OCCCO2. The zero-order valence-corrected chi connectivity index (χ0v) is 12.2. The normalized spacial score (nSPS) is 14.2. The van der Waals surface area contributed by atoms with Gasteiger partial charge >= 0.3 is 0 Å². The molecule has 1 aliphatic rings. The van der Waals surface area contributed by atoms with Gasteiger partial charge in [0.05, 0.1) is 25.7 Å². The van der Waals surface area contributed by atoms with Gasteiger partial charge in [0.1, 0.15) is 0 Å². The Morgan fingerprint density at radius 3 is 2.78 bits per heavy atom. The Balaban J connectivity index is 2.62. The minimum atomic E-state index is 0.293. The highest BCUT2D eigenvalue weighted by Gasteiger charge is 2.22. The molecule has 0 atom stereocenters. The molecule has 4 heteroatoms. The van der Waals surface area contributed by atoms with E-state index in [0.717, 1.165) is 33.5 Å². The molecule has 0 saturated carbocycles. The van der Waals surface area contributed by atoms with Crippen LogP contribution < -0.4 is 9.47 Å². The Bertz CT molecular complexity index is 492. The Labute approximate surface area is 116 Å². The first-order valence-electron chi connectivity index (χ1n) is 6.13. The lowest BCUT2D eigenvalue weighted by molar-refractivity contribution is 0.295. The van der Waals surface area contributed by atoms with Crippen molar-refractivity contribution >= 4 is 15.9 Å². The van der Waals surface area contributed by atoms with Crippen molar-refractivity contribution < 1.29 is 9.47 Å². The van der Waals surface area contributed by atoms with E-state index < -0.39 is 0 Å². The zero-order chi connectivity index (χ0) is 13.1. The molecule has 96 valence electrons. The first-order chi connectivity index (χ1) is 8.65. The molecule has 1 aromatic carbocycles. The van der Waals surface area contributed by atoms with E-state index in [0.29, 0.717) is 25.6 Å². The lowest BCUT2D eigenvalue weighted by Gasteiger charge is -2.19. The number of rotatable bonds is 2. The van der Waals surface area contributed by atoms with Gasteiger partial charge in [-0.3, -0.25) is 0 Å². The molecule has 0 aliphatic carbocycles. The number of nitriles is 1. The first-order valence-corrected chi connectivity index (χ1v) is 6.92. The van der Waals surface area contributed by atoms with Crippen LogP contribution in [-0.2, 0) is 6.42 Å². The zero-order valence-electron chi connectivity index (χ0n) is 10.6. The molecule has 1 heterocycles. The van der Waals surface area contributed by atoms with Crippen LogP contribution in [0.3, 0.4) is 0 Å². The number of hydrogen-bond acceptors (Lipinski definition) is 3. The molecule has 0 aromatic heterocycles. The average molecular weight is 310 g/mol. The minimum Gasteiger partial charge on any atom is -0.490 e. The summed E-state index contributed by atoms with van der Waals surface area (Å²) in [5.41, 5.74) is 2.10. The van der Waals surface area contributed by atoms with Gasteiger partial charge < -0.3 is 9.47 Å². The smallest absolute Gasteiger partial charge is 0.164 e. The van der Waals surface area contributed by atoms with Crippen LogP contribution in [0.2, 0.25) is 0 Å². The van der Waals surface area contributed by atoms with Gasteiger partial charge in [0.25, 0.3) is 0 Å². The number of hydrogen-bond donors (Lipinski definition) is 0. The molecule has 2 rings (SSSR count). The lowest BCUT2D eigenvalue weighted by Crippen LogP contribution is -2.04. The van der Waals surface area contributed by atoms with Gasteiger partial charge in [-0.05, 0) is 17.5 Å². The standard InChI is InChI=1S/C14H16BrNO2/c1-9(2)13-10(4-5-16)11(15)8-12-14(13)18-7-3-6-17-12/h8-9H,3-4,6-7H2,1-2H3. The van der Waals surface area contributed by atoms with Gasteiger partial charge in [-0.15, -0.1) is 0 Å². The Hall–Kier alpha value is -1.21. The summed E-state index contributed by atoms with van der Waals surface area (Å²) in [5.74, 6) is 1.89. The molecular formula is C14H16BrNO2. The highest BCUT2D eigenvalue weighted by Crippen LogP contribution is 2.43. The highest BCUT2D eigenvalue weighted by atomic mass is 79.9. The van der Waals surface area contributed by atoms with E-state index in [1.54, 1.807) is 0 Å². The Kier molecular flexibility index (Phi) is 4.13. The maximum atomic E-state index is 8.97. The molecule has 0 fully saturated rings. The van der Waals surface area contributed by atoms with Gasteiger partial charge in [-0.25, -0.2) is 0 Å². The Morgan fingerprint density at radius 2 is 2.11 bits per heavy atom. The topological polar surface area (TPSA) is 42.2 Å². The first kappa shape index (κ1) is 13.2. The summed E-state index contributed by atoms with van der Waals surface area (Å²) in [5, 5.41) is 8.97. The van der Waals surface area contributed by atoms with Gasteiger partial charge in [0, 0.05) is 16.5 Å². The molecule has 0 saturated heterocycles. The second-order valence-corrected chi connectivity index (χ2v) is 5.47. The van der Waals surface area contributed by atoms with E-state index in [9.17, 15) is 0 Å². The van der Waals surface area contributed by atoms with Crippen molar-refractivity contribution in [2.45, 2.75) is 32.6 Å². The van der Waals surface area contributed by atoms with Crippen LogP contribution in [-0.4, -0.2) is 13.2 Å². The fourth-order valence-electron chi connectivity index (χ4n) is 2.21. The molecule has 0 unspecified atom stereocenters. The van der Waals surface area contributed by atoms with Crippen LogP contribution in [0.1, 0.15) is 37.3 Å². The molecule has 0 spiro atoms. The molecular weight excluding hydrogens is 294 g/mol. The molecule has 18 heavy (non-hydrogen) atoms. The van der Waals surface area contributed by atoms with E-state index in [-0.39, 0.29) is 0 Å². The largest absolute Gasteiger partial charge is 0.490 e. The van der Waals surface area contributed by atoms with E-state index in [2.05, 4.69) is 35.8 Å². The van der Waals surface area contributed by atoms with Crippen LogP contribution in [0.25, 0.3) is 0 Å². The summed E-state index contributed by atoms with van der Waals surface area (Å²) in [6, 6.07) is 4.13. The van der Waals surface area contributed by atoms with Crippen LogP contribution in [0.15, 0.2) is 10.5 Å². The molecule has 3 nitrogen and oxygen atoms in total. The number of ether oxygens (including phenoxy) is 2. The van der Waals surface area contributed by atoms with E-state index >= 15 is 0 Å². The Morgan fingerprint density at radius 1 is 1.39 bits per heavy atom. The summed E-state index contributed by atoms with van der Waals surface area (Å²) >= 11 is 3.53. The summed E-state index contributed by atoms with van der Waals surface area (Å²) in [6.45, 7) is 5.56. The monoisotopic (exact) mass is 309 g/mol. The quantitative estimate of drug-likeness (QED) is 0.834. The van der Waals surface area contributed by atoms with E-state index in [1.807, 2.05) is 6.07 Å². The van der Waals surface area contributed by atoms with Crippen molar-refractivity contribution in [2.75, 3.05) is 13.2 Å². The fraction of sp³-hybridized carbons (Fsp3) is 0.500. The maximum Gasteiger partial charge on any atom is 0.164 e.